The number of hydrogen-bond donors (Lipinski definition) is 3. The van der Waals surface area contributed by atoms with Crippen LogP contribution in [0.1, 0.15) is 38.8 Å². The Morgan fingerprint density at radius 1 is 1.23 bits per heavy atom. The van der Waals surface area contributed by atoms with E-state index in [2.05, 4.69) is 24.1 Å². The Morgan fingerprint density at radius 2 is 1.96 bits per heavy atom. The number of carbonyl (C=O) groups is 2. The minimum Gasteiger partial charge on any atom is -0.473 e. The average molecular weight is 388 g/mol. The number of carbonyl (C=O) groups excluding carboxylic acids is 2. The van der Waals surface area contributed by atoms with Gasteiger partial charge in [0.05, 0.1) is 25.3 Å². The first-order valence-electron chi connectivity index (χ1n) is 8.53. The smallest absolute Gasteiger partial charge is 0.306 e. The van der Waals surface area contributed by atoms with Crippen LogP contribution < -0.4 is 15.4 Å². The summed E-state index contributed by atoms with van der Waals surface area (Å²) >= 11 is 0.996. The van der Waals surface area contributed by atoms with Crippen molar-refractivity contribution in [3.05, 3.63) is 5.69 Å². The van der Waals surface area contributed by atoms with Crippen LogP contribution in [0.25, 0.3) is 0 Å². The summed E-state index contributed by atoms with van der Waals surface area (Å²) in [5.41, 5.74) is 0.581. The molecule has 2 atom stereocenters. The summed E-state index contributed by atoms with van der Waals surface area (Å²) in [5.74, 6) is -0.229. The molecule has 3 N–H and O–H groups in total. The lowest BCUT2D eigenvalue weighted by Gasteiger charge is -2.14. The van der Waals surface area contributed by atoms with Crippen LogP contribution >= 0.6 is 11.7 Å². The molecule has 0 aliphatic carbocycles. The molecule has 0 radical (unpaired) electrons. The van der Waals surface area contributed by atoms with Crippen molar-refractivity contribution in [2.24, 2.45) is 5.92 Å². The Bertz CT molecular complexity index is 567. The molecule has 0 aromatic carbocycles. The number of ether oxygens (including phenoxy) is 2. The SMILES string of the molecule is COC(=O)CC(C)c1nsnc1OCC(O)CNCCNC(=O)C(C)C. The fourth-order valence-electron chi connectivity index (χ4n) is 2.00. The van der Waals surface area contributed by atoms with Crippen molar-refractivity contribution in [2.75, 3.05) is 33.4 Å². The number of amides is 1. The van der Waals surface area contributed by atoms with E-state index in [1.54, 1.807) is 0 Å². The van der Waals surface area contributed by atoms with Gasteiger partial charge in [0.15, 0.2) is 0 Å². The molecule has 0 saturated carbocycles. The topological polar surface area (TPSA) is 123 Å². The quantitative estimate of drug-likeness (QED) is 0.345. The predicted octanol–water partition coefficient (Wildman–Crippen LogP) is 0.306. The van der Waals surface area contributed by atoms with Gasteiger partial charge >= 0.3 is 5.97 Å². The second-order valence-corrected chi connectivity index (χ2v) is 6.78. The zero-order chi connectivity index (χ0) is 19.5. The standard InChI is InChI=1S/C16H28N4O5S/c1-10(2)15(23)18-6-5-17-8-12(21)9-25-16-14(19-26-20-16)11(3)7-13(22)24-4/h10-12,17,21H,5-9H2,1-4H3,(H,18,23). The van der Waals surface area contributed by atoms with Crippen molar-refractivity contribution < 1.29 is 24.2 Å². The van der Waals surface area contributed by atoms with E-state index in [0.717, 1.165) is 11.7 Å². The lowest BCUT2D eigenvalue weighted by molar-refractivity contribution is -0.141. The number of aromatic nitrogens is 2. The highest BCUT2D eigenvalue weighted by atomic mass is 32.1. The molecule has 0 saturated heterocycles. The summed E-state index contributed by atoms with van der Waals surface area (Å²) in [7, 11) is 1.34. The normalized spacial score (nSPS) is 13.3. The molecule has 9 nitrogen and oxygen atoms in total. The number of rotatable bonds is 12. The van der Waals surface area contributed by atoms with Crippen LogP contribution in [-0.4, -0.2) is 65.2 Å². The van der Waals surface area contributed by atoms with Crippen LogP contribution in [0.4, 0.5) is 0 Å². The van der Waals surface area contributed by atoms with Crippen molar-refractivity contribution in [1.82, 2.24) is 19.4 Å². The highest BCUT2D eigenvalue weighted by Gasteiger charge is 2.20. The maximum absolute atomic E-state index is 11.4. The van der Waals surface area contributed by atoms with Crippen molar-refractivity contribution in [3.63, 3.8) is 0 Å². The maximum atomic E-state index is 11.4. The van der Waals surface area contributed by atoms with Crippen LogP contribution in [0.5, 0.6) is 5.88 Å². The third-order valence-electron chi connectivity index (χ3n) is 3.57. The van der Waals surface area contributed by atoms with E-state index in [-0.39, 0.29) is 36.7 Å². The highest BCUT2D eigenvalue weighted by Crippen LogP contribution is 2.27. The number of methoxy groups -OCH3 is 1. The first-order valence-corrected chi connectivity index (χ1v) is 9.26. The van der Waals surface area contributed by atoms with E-state index >= 15 is 0 Å². The summed E-state index contributed by atoms with van der Waals surface area (Å²) in [6.45, 7) is 6.92. The molecule has 0 bridgehead atoms. The van der Waals surface area contributed by atoms with Gasteiger partial charge in [-0.3, -0.25) is 9.59 Å². The number of aliphatic hydroxyl groups is 1. The van der Waals surface area contributed by atoms with Crippen molar-refractivity contribution in [3.8, 4) is 5.88 Å². The predicted molar refractivity (Wildman–Crippen MR) is 97.2 cm³/mol. The molecular formula is C16H28N4O5S. The number of nitrogens with one attached hydrogen (secondary N) is 2. The number of esters is 1. The van der Waals surface area contributed by atoms with Crippen LogP contribution in [0.3, 0.4) is 0 Å². The van der Waals surface area contributed by atoms with Crippen molar-refractivity contribution >= 4 is 23.6 Å². The Morgan fingerprint density at radius 3 is 2.62 bits per heavy atom. The molecule has 26 heavy (non-hydrogen) atoms. The summed E-state index contributed by atoms with van der Waals surface area (Å²) in [6.07, 6.45) is -0.550. The maximum Gasteiger partial charge on any atom is 0.306 e. The third-order valence-corrected chi connectivity index (χ3v) is 4.09. The van der Waals surface area contributed by atoms with Gasteiger partial charge in [0.1, 0.15) is 18.4 Å². The van der Waals surface area contributed by atoms with Crippen molar-refractivity contribution in [1.29, 1.82) is 0 Å². The number of hydrogen-bond acceptors (Lipinski definition) is 9. The Labute approximate surface area is 157 Å². The first-order chi connectivity index (χ1) is 12.3. The number of aliphatic hydroxyl groups excluding tert-OH is 1. The van der Waals surface area contributed by atoms with Gasteiger partial charge in [-0.05, 0) is 0 Å². The highest BCUT2D eigenvalue weighted by molar-refractivity contribution is 6.99. The Hall–Kier alpha value is -1.78. The third kappa shape index (κ3) is 8.07. The van der Waals surface area contributed by atoms with Gasteiger partial charge in [-0.2, -0.15) is 4.37 Å². The van der Waals surface area contributed by atoms with Gasteiger partial charge in [0.2, 0.25) is 11.8 Å². The first kappa shape index (κ1) is 22.3. The fourth-order valence-corrected chi connectivity index (χ4v) is 2.61. The molecule has 1 aromatic rings. The van der Waals surface area contributed by atoms with Crippen LogP contribution in [-0.2, 0) is 14.3 Å². The zero-order valence-electron chi connectivity index (χ0n) is 15.7. The molecule has 0 aliphatic heterocycles. The average Bonchev–Trinajstić information content (AvgIpc) is 3.07. The summed E-state index contributed by atoms with van der Waals surface area (Å²) in [4.78, 5) is 22.8. The largest absolute Gasteiger partial charge is 0.473 e. The van der Waals surface area contributed by atoms with E-state index in [4.69, 9.17) is 4.74 Å². The molecule has 148 valence electrons. The molecule has 1 aromatic heterocycles. The van der Waals surface area contributed by atoms with Gasteiger partial charge in [-0.25, -0.2) is 0 Å². The van der Waals surface area contributed by atoms with Gasteiger partial charge in [-0.1, -0.05) is 20.8 Å². The van der Waals surface area contributed by atoms with Crippen LogP contribution in [0.15, 0.2) is 0 Å². The summed E-state index contributed by atoms with van der Waals surface area (Å²) in [6, 6.07) is 0. The van der Waals surface area contributed by atoms with Gasteiger partial charge in [-0.15, -0.1) is 4.37 Å². The molecular weight excluding hydrogens is 360 g/mol. The molecule has 2 unspecified atom stereocenters. The minimum absolute atomic E-state index is 0.000294. The minimum atomic E-state index is -0.735. The molecule has 1 rings (SSSR count). The van der Waals surface area contributed by atoms with E-state index in [1.165, 1.54) is 7.11 Å². The lowest BCUT2D eigenvalue weighted by atomic mass is 10.0. The Balaban J connectivity index is 2.29. The lowest BCUT2D eigenvalue weighted by Crippen LogP contribution is -2.38. The molecule has 1 heterocycles. The second kappa shape index (κ2) is 11.8. The molecule has 0 fully saturated rings. The monoisotopic (exact) mass is 388 g/mol. The van der Waals surface area contributed by atoms with E-state index in [0.29, 0.717) is 31.2 Å². The van der Waals surface area contributed by atoms with Gasteiger partial charge in [0.25, 0.3) is 0 Å². The van der Waals surface area contributed by atoms with Crippen LogP contribution in [0.2, 0.25) is 0 Å². The van der Waals surface area contributed by atoms with E-state index in [1.807, 2.05) is 20.8 Å². The molecule has 0 aliphatic rings. The van der Waals surface area contributed by atoms with Crippen LogP contribution in [0, 0.1) is 5.92 Å². The molecule has 1 amide bonds. The molecule has 10 heteroatoms. The van der Waals surface area contributed by atoms with Gasteiger partial charge in [0, 0.05) is 31.5 Å². The second-order valence-electron chi connectivity index (χ2n) is 6.25. The van der Waals surface area contributed by atoms with Gasteiger partial charge < -0.3 is 25.2 Å². The van der Waals surface area contributed by atoms with Crippen molar-refractivity contribution in [2.45, 2.75) is 39.2 Å². The zero-order valence-corrected chi connectivity index (χ0v) is 16.5. The summed E-state index contributed by atoms with van der Waals surface area (Å²) < 4.78 is 18.4. The molecule has 0 spiro atoms. The van der Waals surface area contributed by atoms with E-state index in [9.17, 15) is 14.7 Å². The van der Waals surface area contributed by atoms with E-state index < -0.39 is 6.10 Å². The summed E-state index contributed by atoms with van der Waals surface area (Å²) in [5, 5.41) is 15.8. The fraction of sp³-hybridized carbons (Fsp3) is 0.750. The number of nitrogens with zero attached hydrogens (tertiary/aromatic N) is 2. The Kier molecular flexibility index (Phi) is 10.1.